The molecule has 1 rings (SSSR count). The maximum atomic E-state index is 5.28. The van der Waals surface area contributed by atoms with Crippen LogP contribution in [0.4, 0.5) is 5.82 Å². The lowest BCUT2D eigenvalue weighted by Crippen LogP contribution is -2.36. The fourth-order valence-electron chi connectivity index (χ4n) is 2.12. The number of anilines is 1. The first kappa shape index (κ1) is 15.8. The number of nitrogens with one attached hydrogen (secondary N) is 1. The van der Waals surface area contributed by atoms with Crippen molar-refractivity contribution in [3.05, 3.63) is 18.1 Å². The molecular formula is C13H25N5O. The maximum Gasteiger partial charge on any atom is 0.158 e. The molecule has 0 aliphatic heterocycles. The number of ether oxygens (including phenoxy) is 1. The minimum atomic E-state index is 0.546. The third-order valence-electron chi connectivity index (χ3n) is 3.26. The zero-order chi connectivity index (χ0) is 14.1. The molecule has 6 heteroatoms. The van der Waals surface area contributed by atoms with Crippen LogP contribution in [0.1, 0.15) is 32.4 Å². The molecule has 0 radical (unpaired) electrons. The van der Waals surface area contributed by atoms with Gasteiger partial charge in [-0.3, -0.25) is 9.88 Å². The second-order valence-corrected chi connectivity index (χ2v) is 4.47. The van der Waals surface area contributed by atoms with E-state index in [0.29, 0.717) is 11.9 Å². The van der Waals surface area contributed by atoms with Crippen molar-refractivity contribution in [3.8, 4) is 0 Å². The summed E-state index contributed by atoms with van der Waals surface area (Å²) in [5, 5.41) is 0. The Labute approximate surface area is 115 Å². The Bertz CT molecular complexity index is 339. The van der Waals surface area contributed by atoms with Gasteiger partial charge in [0, 0.05) is 26.2 Å². The van der Waals surface area contributed by atoms with Crippen molar-refractivity contribution >= 4 is 5.82 Å². The molecule has 0 bridgehead atoms. The second kappa shape index (κ2) is 8.79. The number of hydrazine groups is 1. The van der Waals surface area contributed by atoms with Crippen LogP contribution < -0.4 is 11.3 Å². The van der Waals surface area contributed by atoms with Crippen LogP contribution in [0.15, 0.2) is 12.4 Å². The van der Waals surface area contributed by atoms with Gasteiger partial charge in [-0.25, -0.2) is 10.8 Å². The first-order valence-electron chi connectivity index (χ1n) is 6.75. The molecule has 0 aliphatic rings. The molecule has 3 N–H and O–H groups in total. The summed E-state index contributed by atoms with van der Waals surface area (Å²) in [6, 6.07) is 0.546. The Morgan fingerprint density at radius 3 is 2.53 bits per heavy atom. The highest BCUT2D eigenvalue weighted by atomic mass is 16.5. The minimum Gasteiger partial charge on any atom is -0.383 e. The van der Waals surface area contributed by atoms with Gasteiger partial charge in [-0.2, -0.15) is 0 Å². The van der Waals surface area contributed by atoms with Crippen LogP contribution >= 0.6 is 0 Å². The van der Waals surface area contributed by atoms with E-state index in [1.807, 2.05) is 0 Å². The Morgan fingerprint density at radius 1 is 1.32 bits per heavy atom. The number of hydrogen-bond donors (Lipinski definition) is 2. The lowest BCUT2D eigenvalue weighted by molar-refractivity contribution is 0.109. The molecule has 108 valence electrons. The molecular weight excluding hydrogens is 242 g/mol. The summed E-state index contributed by atoms with van der Waals surface area (Å²) in [6.07, 6.45) is 5.65. The summed E-state index contributed by atoms with van der Waals surface area (Å²) in [6.45, 7) is 6.84. The van der Waals surface area contributed by atoms with E-state index in [1.54, 1.807) is 19.5 Å². The number of rotatable bonds is 9. The average Bonchev–Trinajstić information content (AvgIpc) is 2.46. The number of nitrogens with zero attached hydrogens (tertiary/aromatic N) is 3. The topological polar surface area (TPSA) is 76.3 Å². The number of nitrogens with two attached hydrogens (primary N) is 1. The number of aromatic nitrogens is 2. The van der Waals surface area contributed by atoms with Crippen molar-refractivity contribution in [2.45, 2.75) is 39.3 Å². The normalized spacial score (nSPS) is 11.3. The van der Waals surface area contributed by atoms with Crippen molar-refractivity contribution in [2.75, 3.05) is 25.7 Å². The molecule has 1 aromatic heterocycles. The summed E-state index contributed by atoms with van der Waals surface area (Å²) >= 11 is 0. The van der Waals surface area contributed by atoms with Gasteiger partial charge >= 0.3 is 0 Å². The van der Waals surface area contributed by atoms with Gasteiger partial charge in [-0.1, -0.05) is 13.8 Å². The monoisotopic (exact) mass is 267 g/mol. The van der Waals surface area contributed by atoms with E-state index in [4.69, 9.17) is 10.6 Å². The molecule has 0 fully saturated rings. The van der Waals surface area contributed by atoms with Crippen LogP contribution in [0.25, 0.3) is 0 Å². The van der Waals surface area contributed by atoms with Crippen LogP contribution in [0.5, 0.6) is 0 Å². The van der Waals surface area contributed by atoms with Gasteiger partial charge in [0.25, 0.3) is 0 Å². The van der Waals surface area contributed by atoms with Gasteiger partial charge in [0.1, 0.15) is 0 Å². The third-order valence-corrected chi connectivity index (χ3v) is 3.26. The Balaban J connectivity index is 2.68. The van der Waals surface area contributed by atoms with Gasteiger partial charge in [0.15, 0.2) is 5.82 Å². The highest BCUT2D eigenvalue weighted by Gasteiger charge is 2.15. The molecule has 6 nitrogen and oxygen atoms in total. The van der Waals surface area contributed by atoms with Crippen LogP contribution in [0, 0.1) is 0 Å². The standard InChI is InChI=1S/C13H25N5O/c1-4-12(5-2)18(6-7-19-3)10-11-8-16-13(17-14)9-15-11/h8-9,12H,4-7,10,14H2,1-3H3,(H,16,17). The van der Waals surface area contributed by atoms with Gasteiger partial charge in [0.2, 0.25) is 0 Å². The predicted octanol–water partition coefficient (Wildman–Crippen LogP) is 1.40. The molecule has 0 spiro atoms. The molecule has 0 unspecified atom stereocenters. The van der Waals surface area contributed by atoms with Crippen LogP contribution in [0.2, 0.25) is 0 Å². The van der Waals surface area contributed by atoms with Crippen molar-refractivity contribution in [2.24, 2.45) is 5.84 Å². The summed E-state index contributed by atoms with van der Waals surface area (Å²) < 4.78 is 5.18. The third kappa shape index (κ3) is 5.10. The Morgan fingerprint density at radius 2 is 2.05 bits per heavy atom. The lowest BCUT2D eigenvalue weighted by Gasteiger charge is -2.29. The smallest absolute Gasteiger partial charge is 0.158 e. The maximum absolute atomic E-state index is 5.28. The molecule has 0 saturated heterocycles. The van der Waals surface area contributed by atoms with E-state index in [-0.39, 0.29) is 0 Å². The summed E-state index contributed by atoms with van der Waals surface area (Å²) in [4.78, 5) is 10.9. The first-order valence-corrected chi connectivity index (χ1v) is 6.75. The highest BCUT2D eigenvalue weighted by Crippen LogP contribution is 2.12. The zero-order valence-corrected chi connectivity index (χ0v) is 12.1. The average molecular weight is 267 g/mol. The Hall–Kier alpha value is -1.24. The van der Waals surface area contributed by atoms with E-state index < -0.39 is 0 Å². The highest BCUT2D eigenvalue weighted by molar-refractivity contribution is 5.28. The predicted molar refractivity (Wildman–Crippen MR) is 76.5 cm³/mol. The second-order valence-electron chi connectivity index (χ2n) is 4.47. The van der Waals surface area contributed by atoms with Crippen LogP contribution in [-0.2, 0) is 11.3 Å². The summed E-state index contributed by atoms with van der Waals surface area (Å²) in [7, 11) is 1.73. The SMILES string of the molecule is CCC(CC)N(CCOC)Cc1cnc(NN)cn1. The number of methoxy groups -OCH3 is 1. The van der Waals surface area contributed by atoms with E-state index in [2.05, 4.69) is 34.1 Å². The molecule has 0 saturated carbocycles. The van der Waals surface area contributed by atoms with Gasteiger partial charge in [0.05, 0.1) is 24.7 Å². The largest absolute Gasteiger partial charge is 0.383 e. The lowest BCUT2D eigenvalue weighted by atomic mass is 10.1. The van der Waals surface area contributed by atoms with Crippen LogP contribution in [0.3, 0.4) is 0 Å². The Kier molecular flexibility index (Phi) is 7.32. The van der Waals surface area contributed by atoms with Gasteiger partial charge in [-0.15, -0.1) is 0 Å². The van der Waals surface area contributed by atoms with E-state index in [9.17, 15) is 0 Å². The summed E-state index contributed by atoms with van der Waals surface area (Å²) in [5.41, 5.74) is 3.43. The molecule has 0 aromatic carbocycles. The first-order chi connectivity index (χ1) is 9.24. The van der Waals surface area contributed by atoms with Crippen molar-refractivity contribution in [3.63, 3.8) is 0 Å². The number of nitrogen functional groups attached to an aromatic ring is 1. The minimum absolute atomic E-state index is 0.546. The van der Waals surface area contributed by atoms with Crippen molar-refractivity contribution in [1.82, 2.24) is 14.9 Å². The fourth-order valence-corrected chi connectivity index (χ4v) is 2.12. The quantitative estimate of drug-likeness (QED) is 0.520. The van der Waals surface area contributed by atoms with E-state index >= 15 is 0 Å². The number of hydrogen-bond acceptors (Lipinski definition) is 6. The molecule has 0 aliphatic carbocycles. The van der Waals surface area contributed by atoms with E-state index in [1.165, 1.54) is 0 Å². The van der Waals surface area contributed by atoms with Crippen molar-refractivity contribution in [1.29, 1.82) is 0 Å². The molecule has 0 atom stereocenters. The van der Waals surface area contributed by atoms with Crippen molar-refractivity contribution < 1.29 is 4.74 Å². The fraction of sp³-hybridized carbons (Fsp3) is 0.692. The van der Waals surface area contributed by atoms with Gasteiger partial charge in [-0.05, 0) is 12.8 Å². The molecule has 0 amide bonds. The zero-order valence-electron chi connectivity index (χ0n) is 12.1. The molecule has 19 heavy (non-hydrogen) atoms. The molecule has 1 aromatic rings. The van der Waals surface area contributed by atoms with E-state index in [0.717, 1.165) is 38.2 Å². The molecule has 1 heterocycles. The summed E-state index contributed by atoms with van der Waals surface area (Å²) in [5.74, 6) is 5.86. The van der Waals surface area contributed by atoms with Gasteiger partial charge < -0.3 is 10.2 Å². The van der Waals surface area contributed by atoms with Crippen LogP contribution in [-0.4, -0.2) is 41.2 Å².